The van der Waals surface area contributed by atoms with E-state index < -0.39 is 86.8 Å². The van der Waals surface area contributed by atoms with Gasteiger partial charge in [0.2, 0.25) is 5.91 Å². The van der Waals surface area contributed by atoms with E-state index in [4.69, 9.17) is 18.9 Å². The quantitative estimate of drug-likeness (QED) is 0.0205. The zero-order valence-electron chi connectivity index (χ0n) is 46.3. The lowest BCUT2D eigenvalue weighted by atomic mass is 9.97. The molecule has 0 aromatic heterocycles. The maximum atomic E-state index is 13.2. The fraction of sp³-hybridized carbons (Fsp3) is 0.754. The normalized spacial score (nSPS) is 25.7. The van der Waals surface area contributed by atoms with Crippen LogP contribution in [0.25, 0.3) is 0 Å². The van der Waals surface area contributed by atoms with Gasteiger partial charge in [0, 0.05) is 6.42 Å². The molecule has 14 nitrogen and oxygen atoms in total. The minimum absolute atomic E-state index is 0.258. The molecule has 2 heterocycles. The molecule has 1 amide bonds. The van der Waals surface area contributed by atoms with E-state index in [9.17, 15) is 45.6 Å². The molecule has 0 aromatic carbocycles. The van der Waals surface area contributed by atoms with E-state index in [1.807, 2.05) is 6.08 Å². The third-order valence-electron chi connectivity index (χ3n) is 13.8. The Morgan fingerprint density at radius 1 is 0.480 bits per heavy atom. The highest BCUT2D eigenvalue weighted by atomic mass is 16.7. The first-order valence-electron chi connectivity index (χ1n) is 29.3. The van der Waals surface area contributed by atoms with Crippen LogP contribution in [-0.4, -0.2) is 140 Å². The van der Waals surface area contributed by atoms with E-state index in [0.717, 1.165) is 70.6 Å². The number of amides is 1. The van der Waals surface area contributed by atoms with Crippen molar-refractivity contribution in [2.45, 2.75) is 274 Å². The van der Waals surface area contributed by atoms with Gasteiger partial charge in [0.25, 0.3) is 0 Å². The highest BCUT2D eigenvalue weighted by Crippen LogP contribution is 2.30. The lowest BCUT2D eigenvalue weighted by Crippen LogP contribution is -2.65. The molecule has 12 unspecified atom stereocenters. The van der Waals surface area contributed by atoms with Gasteiger partial charge >= 0.3 is 0 Å². The number of carbonyl (C=O) groups excluding carboxylic acids is 1. The Kier molecular flexibility index (Phi) is 42.0. The van der Waals surface area contributed by atoms with Crippen LogP contribution in [0.15, 0.2) is 85.1 Å². The largest absolute Gasteiger partial charge is 0.394 e. The molecule has 2 saturated heterocycles. The maximum absolute atomic E-state index is 13.2. The van der Waals surface area contributed by atoms with E-state index in [1.165, 1.54) is 96.3 Å². The van der Waals surface area contributed by atoms with Gasteiger partial charge in [-0.25, -0.2) is 0 Å². The summed E-state index contributed by atoms with van der Waals surface area (Å²) in [5.74, 6) is -0.258. The number of allylic oxidation sites excluding steroid dienone is 13. The van der Waals surface area contributed by atoms with Gasteiger partial charge in [-0.2, -0.15) is 0 Å². The predicted molar refractivity (Wildman–Crippen MR) is 300 cm³/mol. The van der Waals surface area contributed by atoms with Crippen LogP contribution in [0.4, 0.5) is 0 Å². The van der Waals surface area contributed by atoms with Crippen molar-refractivity contribution >= 4 is 5.91 Å². The Morgan fingerprint density at radius 3 is 1.41 bits per heavy atom. The van der Waals surface area contributed by atoms with E-state index in [0.29, 0.717) is 12.8 Å². The second-order valence-corrected chi connectivity index (χ2v) is 20.3. The molecule has 2 aliphatic rings. The summed E-state index contributed by atoms with van der Waals surface area (Å²) in [5, 5.41) is 86.8. The monoisotopic (exact) mass is 1060 g/mol. The number of ether oxygens (including phenoxy) is 4. The minimum atomic E-state index is -1.79. The van der Waals surface area contributed by atoms with Gasteiger partial charge < -0.3 is 65.1 Å². The lowest BCUT2D eigenvalue weighted by molar-refractivity contribution is -0.359. The molecule has 0 radical (unpaired) electrons. The first-order chi connectivity index (χ1) is 36.6. The highest BCUT2D eigenvalue weighted by Gasteiger charge is 2.51. The summed E-state index contributed by atoms with van der Waals surface area (Å²) < 4.78 is 22.7. The molecule has 2 aliphatic heterocycles. The summed E-state index contributed by atoms with van der Waals surface area (Å²) in [5.41, 5.74) is 0. The van der Waals surface area contributed by atoms with Crippen molar-refractivity contribution in [2.75, 3.05) is 19.8 Å². The third-order valence-corrected chi connectivity index (χ3v) is 13.8. The molecule has 14 heteroatoms. The Labute approximate surface area is 452 Å². The van der Waals surface area contributed by atoms with Gasteiger partial charge in [-0.3, -0.25) is 4.79 Å². The van der Waals surface area contributed by atoms with Crippen LogP contribution in [0, 0.1) is 0 Å². The molecule has 0 spiro atoms. The van der Waals surface area contributed by atoms with Crippen LogP contribution < -0.4 is 5.32 Å². The number of carbonyl (C=O) groups is 1. The Hall–Kier alpha value is -2.83. The second-order valence-electron chi connectivity index (χ2n) is 20.3. The molecule has 0 bridgehead atoms. The molecule has 9 N–H and O–H groups in total. The average molecular weight is 1060 g/mol. The zero-order chi connectivity index (χ0) is 54.6. The molecule has 2 fully saturated rings. The van der Waals surface area contributed by atoms with Crippen LogP contribution in [0.5, 0.6) is 0 Å². The van der Waals surface area contributed by atoms with Crippen LogP contribution in [0.1, 0.15) is 200 Å². The number of aliphatic hydroxyl groups excluding tert-OH is 8. The van der Waals surface area contributed by atoms with Crippen LogP contribution in [-0.2, 0) is 23.7 Å². The predicted octanol–water partition coefficient (Wildman–Crippen LogP) is 9.72. The molecule has 432 valence electrons. The summed E-state index contributed by atoms with van der Waals surface area (Å²) >= 11 is 0. The molecule has 0 aromatic rings. The SMILES string of the molecule is CC/C=C\C/C=C\C/C=C\C/C=C\CCCCCCCCCCCCCCCCCCCCC(=O)NC(COC1OC(CO)C(OC2OC(CO)C(O)C(O)C2O)C(O)C1O)C(O)/C=C/CC/C=C/CC/C=C/CC. The topological polar surface area (TPSA) is 228 Å². The van der Waals surface area contributed by atoms with Crippen molar-refractivity contribution in [3.63, 3.8) is 0 Å². The summed E-state index contributed by atoms with van der Waals surface area (Å²) in [7, 11) is 0. The standard InChI is InChI=1S/C61H105NO13/c1-3-5-7-9-11-13-15-16-17-18-19-20-21-22-23-24-25-26-27-28-29-30-31-32-33-34-35-37-39-41-43-45-53(66)62-49(50(65)44-42-40-38-36-14-12-10-8-6-4-2)48-72-60-58(71)56(69)59(52(47-64)74-60)75-61-57(70)55(68)54(67)51(46-63)73-61/h5-8,11,13-14,16-17,19-20,36,42,44,49-52,54-61,63-65,67-71H,3-4,9-10,12,15,18,21-35,37-41,43,45-48H2,1-2H3,(H,62,66)/b7-5-,8-6+,13-11-,17-16-,20-19-,36-14+,44-42+. The van der Waals surface area contributed by atoms with Gasteiger partial charge in [0.15, 0.2) is 12.6 Å². The Morgan fingerprint density at radius 2 is 0.893 bits per heavy atom. The van der Waals surface area contributed by atoms with Crippen molar-refractivity contribution in [1.29, 1.82) is 0 Å². The summed E-state index contributed by atoms with van der Waals surface area (Å²) in [6, 6.07) is -0.939. The van der Waals surface area contributed by atoms with Gasteiger partial charge in [-0.1, -0.05) is 202 Å². The van der Waals surface area contributed by atoms with Crippen molar-refractivity contribution < 1.29 is 64.6 Å². The first-order valence-corrected chi connectivity index (χ1v) is 29.3. The number of aliphatic hydroxyl groups is 8. The smallest absolute Gasteiger partial charge is 0.220 e. The molecule has 0 saturated carbocycles. The fourth-order valence-electron chi connectivity index (χ4n) is 9.14. The van der Waals surface area contributed by atoms with Gasteiger partial charge in [-0.05, 0) is 77.0 Å². The Bertz CT molecular complexity index is 1580. The summed E-state index contributed by atoms with van der Waals surface area (Å²) in [4.78, 5) is 13.2. The zero-order valence-corrected chi connectivity index (χ0v) is 46.3. The minimum Gasteiger partial charge on any atom is -0.394 e. The Balaban J connectivity index is 1.64. The third kappa shape index (κ3) is 32.0. The molecular weight excluding hydrogens is 955 g/mol. The van der Waals surface area contributed by atoms with Gasteiger partial charge in [-0.15, -0.1) is 0 Å². The van der Waals surface area contributed by atoms with Gasteiger partial charge in [0.05, 0.1) is 32.0 Å². The molecule has 0 aliphatic carbocycles. The number of hydrogen-bond acceptors (Lipinski definition) is 13. The first kappa shape index (κ1) is 68.3. The van der Waals surface area contributed by atoms with Crippen molar-refractivity contribution in [3.05, 3.63) is 85.1 Å². The lowest BCUT2D eigenvalue weighted by Gasteiger charge is -2.46. The van der Waals surface area contributed by atoms with Crippen molar-refractivity contribution in [2.24, 2.45) is 0 Å². The molecule has 12 atom stereocenters. The molecular formula is C61H105NO13. The number of unbranched alkanes of at least 4 members (excludes halogenated alkanes) is 20. The van der Waals surface area contributed by atoms with Crippen molar-refractivity contribution in [1.82, 2.24) is 5.32 Å². The van der Waals surface area contributed by atoms with Crippen LogP contribution in [0.3, 0.4) is 0 Å². The van der Waals surface area contributed by atoms with E-state index >= 15 is 0 Å². The number of rotatable bonds is 45. The highest BCUT2D eigenvalue weighted by molar-refractivity contribution is 5.76. The van der Waals surface area contributed by atoms with E-state index in [2.05, 4.69) is 92.1 Å². The fourth-order valence-corrected chi connectivity index (χ4v) is 9.14. The van der Waals surface area contributed by atoms with Crippen LogP contribution >= 0.6 is 0 Å². The van der Waals surface area contributed by atoms with Crippen LogP contribution in [0.2, 0.25) is 0 Å². The van der Waals surface area contributed by atoms with Gasteiger partial charge in [0.1, 0.15) is 48.8 Å². The van der Waals surface area contributed by atoms with E-state index in [1.54, 1.807) is 6.08 Å². The second kappa shape index (κ2) is 46.1. The molecule has 75 heavy (non-hydrogen) atoms. The number of nitrogens with one attached hydrogen (secondary N) is 1. The number of hydrogen-bond donors (Lipinski definition) is 9. The summed E-state index contributed by atoms with van der Waals surface area (Å²) in [6.45, 7) is 2.52. The van der Waals surface area contributed by atoms with E-state index in [-0.39, 0.29) is 18.9 Å². The van der Waals surface area contributed by atoms with Crippen molar-refractivity contribution in [3.8, 4) is 0 Å². The summed E-state index contributed by atoms with van der Waals surface area (Å²) in [6.07, 6.45) is 45.2. The average Bonchev–Trinajstić information content (AvgIpc) is 3.41. The maximum Gasteiger partial charge on any atom is 0.220 e. The molecule has 2 rings (SSSR count).